The highest BCUT2D eigenvalue weighted by atomic mass is 16.6. The number of hydrogen-bond donors (Lipinski definition) is 3. The summed E-state index contributed by atoms with van der Waals surface area (Å²) >= 11 is 0. The van der Waals surface area contributed by atoms with Crippen molar-refractivity contribution in [1.29, 1.82) is 5.53 Å². The van der Waals surface area contributed by atoms with Crippen LogP contribution in [-0.2, 0) is 17.7 Å². The maximum absolute atomic E-state index is 12.6. The van der Waals surface area contributed by atoms with Gasteiger partial charge < -0.3 is 20.8 Å². The quantitative estimate of drug-likeness (QED) is 0.213. The molecule has 0 bridgehead atoms. The van der Waals surface area contributed by atoms with Gasteiger partial charge in [0, 0.05) is 24.3 Å². The first-order valence-electron chi connectivity index (χ1n) is 11.2. The minimum atomic E-state index is -0.341. The minimum absolute atomic E-state index is 0.0219. The van der Waals surface area contributed by atoms with Gasteiger partial charge in [-0.25, -0.2) is 10.3 Å². The van der Waals surface area contributed by atoms with Crippen LogP contribution in [0.1, 0.15) is 48.8 Å². The number of carbonyl (C=O) groups excluding carboxylic acids is 1. The molecule has 1 aliphatic heterocycles. The van der Waals surface area contributed by atoms with Gasteiger partial charge in [0.2, 0.25) is 0 Å². The lowest BCUT2D eigenvalue weighted by molar-refractivity contribution is 0.0729. The van der Waals surface area contributed by atoms with Crippen molar-refractivity contribution in [2.45, 2.75) is 57.2 Å². The lowest BCUT2D eigenvalue weighted by Gasteiger charge is -2.37. The summed E-state index contributed by atoms with van der Waals surface area (Å²) in [5, 5.41) is 10.1. The second-order valence-corrected chi connectivity index (χ2v) is 8.48. The zero-order valence-corrected chi connectivity index (χ0v) is 18.2. The number of benzene rings is 2. The van der Waals surface area contributed by atoms with E-state index >= 15 is 0 Å². The van der Waals surface area contributed by atoms with Crippen LogP contribution in [0, 0.1) is 5.53 Å². The Bertz CT molecular complexity index is 972. The van der Waals surface area contributed by atoms with E-state index in [0.29, 0.717) is 18.5 Å². The van der Waals surface area contributed by atoms with Crippen molar-refractivity contribution in [1.82, 2.24) is 5.32 Å². The number of anilines is 1. The molecule has 1 amide bonds. The van der Waals surface area contributed by atoms with Gasteiger partial charge in [0.05, 0.1) is 6.04 Å². The highest BCUT2D eigenvalue weighted by Gasteiger charge is 2.28. The summed E-state index contributed by atoms with van der Waals surface area (Å²) in [6, 6.07) is 16.0. The van der Waals surface area contributed by atoms with Gasteiger partial charge in [-0.05, 0) is 61.4 Å². The van der Waals surface area contributed by atoms with Crippen LogP contribution in [0.15, 0.2) is 58.7 Å². The SMILES string of the molecule is N=N/C(=N\N)c1ccc2c(c1)CC(NC(=O)OC1CCCCC1)CN2Cc1ccccc1. The molecule has 4 N–H and O–H groups in total. The Morgan fingerprint density at radius 3 is 2.66 bits per heavy atom. The lowest BCUT2D eigenvalue weighted by atomic mass is 9.95. The molecule has 8 nitrogen and oxygen atoms in total. The number of hydrogen-bond acceptors (Lipinski definition) is 6. The molecule has 1 aliphatic carbocycles. The molecule has 2 aromatic carbocycles. The van der Waals surface area contributed by atoms with Crippen LogP contribution in [0.3, 0.4) is 0 Å². The number of carbonyl (C=O) groups is 1. The Morgan fingerprint density at radius 1 is 1.16 bits per heavy atom. The van der Waals surface area contributed by atoms with Gasteiger partial charge in [0.1, 0.15) is 6.10 Å². The zero-order chi connectivity index (χ0) is 22.3. The Balaban J connectivity index is 1.54. The molecule has 1 fully saturated rings. The fourth-order valence-electron chi connectivity index (χ4n) is 4.64. The molecule has 32 heavy (non-hydrogen) atoms. The second kappa shape index (κ2) is 10.3. The molecule has 1 atom stereocenters. The van der Waals surface area contributed by atoms with Gasteiger partial charge >= 0.3 is 6.09 Å². The van der Waals surface area contributed by atoms with Crippen molar-refractivity contribution in [3.63, 3.8) is 0 Å². The zero-order valence-electron chi connectivity index (χ0n) is 18.2. The maximum atomic E-state index is 12.6. The van der Waals surface area contributed by atoms with Crippen molar-refractivity contribution < 1.29 is 9.53 Å². The number of fused-ring (bicyclic) bond motifs is 1. The summed E-state index contributed by atoms with van der Waals surface area (Å²) in [4.78, 5) is 14.9. The molecule has 8 heteroatoms. The summed E-state index contributed by atoms with van der Waals surface area (Å²) in [6.07, 6.45) is 5.69. The molecule has 0 spiro atoms. The summed E-state index contributed by atoms with van der Waals surface area (Å²) in [5.74, 6) is 5.57. The molecule has 1 heterocycles. The number of alkyl carbamates (subject to hydrolysis) is 1. The number of hydrazone groups is 1. The Labute approximate surface area is 188 Å². The van der Waals surface area contributed by atoms with Gasteiger partial charge in [0.15, 0.2) is 5.84 Å². The van der Waals surface area contributed by atoms with Gasteiger partial charge in [-0.1, -0.05) is 36.8 Å². The van der Waals surface area contributed by atoms with Crippen molar-refractivity contribution in [3.05, 3.63) is 65.2 Å². The predicted molar refractivity (Wildman–Crippen MR) is 124 cm³/mol. The van der Waals surface area contributed by atoms with Gasteiger partial charge in [0.25, 0.3) is 0 Å². The number of amides is 1. The molecule has 2 aliphatic rings. The summed E-state index contributed by atoms with van der Waals surface area (Å²) in [7, 11) is 0. The third kappa shape index (κ3) is 5.25. The average Bonchev–Trinajstić information content (AvgIpc) is 2.81. The minimum Gasteiger partial charge on any atom is -0.446 e. The normalized spacial score (nSPS) is 19.2. The van der Waals surface area contributed by atoms with E-state index in [1.807, 2.05) is 36.4 Å². The van der Waals surface area contributed by atoms with E-state index < -0.39 is 0 Å². The van der Waals surface area contributed by atoms with Crippen LogP contribution in [-0.4, -0.2) is 30.6 Å². The molecule has 4 rings (SSSR count). The first-order valence-corrected chi connectivity index (χ1v) is 11.2. The third-order valence-electron chi connectivity index (χ3n) is 6.18. The van der Waals surface area contributed by atoms with Gasteiger partial charge in [-0.15, -0.1) is 5.11 Å². The van der Waals surface area contributed by atoms with Crippen molar-refractivity contribution in [3.8, 4) is 0 Å². The molecule has 2 aromatic rings. The predicted octanol–water partition coefficient (Wildman–Crippen LogP) is 4.33. The van der Waals surface area contributed by atoms with Crippen molar-refractivity contribution >= 4 is 17.6 Å². The molecular weight excluding hydrogens is 404 g/mol. The standard InChI is InChI=1S/C24H30N6O2/c25-28-23(29-26)18-11-12-22-19(13-18)14-20(16-30(22)15-17-7-3-1-4-8-17)27-24(31)32-21-9-5-2-6-10-21/h1,3-4,7-8,11-13,20-21,25H,2,5-6,9-10,14-16,26H2,(H,27,31)/b28-25?,29-23-. The molecule has 0 saturated heterocycles. The molecule has 1 unspecified atom stereocenters. The Hall–Kier alpha value is -3.42. The van der Waals surface area contributed by atoms with Crippen molar-refractivity contribution in [2.75, 3.05) is 11.4 Å². The monoisotopic (exact) mass is 434 g/mol. The smallest absolute Gasteiger partial charge is 0.407 e. The average molecular weight is 435 g/mol. The van der Waals surface area contributed by atoms with E-state index in [-0.39, 0.29) is 24.1 Å². The molecule has 168 valence electrons. The van der Waals surface area contributed by atoms with E-state index in [2.05, 4.69) is 32.6 Å². The summed E-state index contributed by atoms with van der Waals surface area (Å²) < 4.78 is 5.69. The lowest BCUT2D eigenvalue weighted by Crippen LogP contribution is -2.48. The van der Waals surface area contributed by atoms with Crippen LogP contribution in [0.2, 0.25) is 0 Å². The number of ether oxygens (including phenoxy) is 1. The van der Waals surface area contributed by atoms with Crippen LogP contribution in [0.4, 0.5) is 10.5 Å². The van der Waals surface area contributed by atoms with E-state index in [1.165, 1.54) is 12.0 Å². The maximum Gasteiger partial charge on any atom is 0.407 e. The van der Waals surface area contributed by atoms with Crippen LogP contribution in [0.25, 0.3) is 0 Å². The van der Waals surface area contributed by atoms with Gasteiger partial charge in [-0.3, -0.25) is 0 Å². The highest BCUT2D eigenvalue weighted by molar-refractivity contribution is 5.99. The van der Waals surface area contributed by atoms with Crippen LogP contribution >= 0.6 is 0 Å². The largest absolute Gasteiger partial charge is 0.446 e. The number of nitrogens with one attached hydrogen (secondary N) is 2. The van der Waals surface area contributed by atoms with E-state index in [1.54, 1.807) is 0 Å². The van der Waals surface area contributed by atoms with Crippen LogP contribution < -0.4 is 16.1 Å². The fourth-order valence-corrected chi connectivity index (χ4v) is 4.64. The summed E-state index contributed by atoms with van der Waals surface area (Å²) in [6.45, 7) is 1.41. The summed E-state index contributed by atoms with van der Waals surface area (Å²) in [5.41, 5.74) is 11.3. The molecular formula is C24H30N6O2. The van der Waals surface area contributed by atoms with E-state index in [9.17, 15) is 4.79 Å². The van der Waals surface area contributed by atoms with Gasteiger partial charge in [-0.2, -0.15) is 5.10 Å². The van der Waals surface area contributed by atoms with E-state index in [4.69, 9.17) is 16.1 Å². The number of nitrogens with two attached hydrogens (primary N) is 1. The molecule has 1 saturated carbocycles. The van der Waals surface area contributed by atoms with Crippen LogP contribution in [0.5, 0.6) is 0 Å². The third-order valence-corrected chi connectivity index (χ3v) is 6.18. The van der Waals surface area contributed by atoms with E-state index in [0.717, 1.165) is 43.5 Å². The highest BCUT2D eigenvalue weighted by Crippen LogP contribution is 2.30. The first kappa shape index (κ1) is 21.8. The Kier molecular flexibility index (Phi) is 6.99. The number of rotatable bonds is 5. The first-order chi connectivity index (χ1) is 15.7. The topological polar surface area (TPSA) is 116 Å². The van der Waals surface area contributed by atoms with Crippen molar-refractivity contribution in [2.24, 2.45) is 16.1 Å². The number of amidine groups is 1. The molecule has 0 aromatic heterocycles. The second-order valence-electron chi connectivity index (χ2n) is 8.48. The fraction of sp³-hybridized carbons (Fsp3) is 0.417. The number of nitrogens with zero attached hydrogens (tertiary/aromatic N) is 3. The Morgan fingerprint density at radius 2 is 1.94 bits per heavy atom. The molecule has 0 radical (unpaired) electrons.